The molecule has 2 aromatic rings. The molecule has 0 radical (unpaired) electrons. The Morgan fingerprint density at radius 3 is 2.73 bits per heavy atom. The van der Waals surface area contributed by atoms with Crippen molar-refractivity contribution < 1.29 is 4.52 Å². The van der Waals surface area contributed by atoms with Gasteiger partial charge in [-0.3, -0.25) is 0 Å². The van der Waals surface area contributed by atoms with Gasteiger partial charge < -0.3 is 4.52 Å². The van der Waals surface area contributed by atoms with Gasteiger partial charge in [-0.25, -0.2) is 0 Å². The summed E-state index contributed by atoms with van der Waals surface area (Å²) in [6.07, 6.45) is 6.17. The van der Waals surface area contributed by atoms with E-state index < -0.39 is 0 Å². The number of nitrogens with zero attached hydrogens (tertiary/aromatic N) is 2. The minimum absolute atomic E-state index is 0.655. The Kier molecular flexibility index (Phi) is 4.82. The quantitative estimate of drug-likeness (QED) is 0.758. The summed E-state index contributed by atoms with van der Waals surface area (Å²) in [5.74, 6) is 3.72. The number of rotatable bonds is 4. The summed E-state index contributed by atoms with van der Waals surface area (Å²) in [6.45, 7) is 4.66. The van der Waals surface area contributed by atoms with Crippen LogP contribution in [-0.4, -0.2) is 10.1 Å². The van der Waals surface area contributed by atoms with Gasteiger partial charge in [0.25, 0.3) is 0 Å². The second kappa shape index (κ2) is 6.82. The zero-order chi connectivity index (χ0) is 15.5. The summed E-state index contributed by atoms with van der Waals surface area (Å²) in [5.41, 5.74) is 0.947. The van der Waals surface area contributed by atoms with E-state index >= 15 is 0 Å². The molecule has 4 heteroatoms. The maximum absolute atomic E-state index is 5.91. The SMILES string of the molecule is CC(C)C1CCCC(Cc2nc(-c3ccc(Cl)cc3)no2)C1. The summed E-state index contributed by atoms with van der Waals surface area (Å²) in [7, 11) is 0. The van der Waals surface area contributed by atoms with Crippen LogP contribution in [0.4, 0.5) is 0 Å². The fourth-order valence-corrected chi connectivity index (χ4v) is 3.55. The Labute approximate surface area is 137 Å². The van der Waals surface area contributed by atoms with E-state index in [1.165, 1.54) is 25.7 Å². The van der Waals surface area contributed by atoms with Gasteiger partial charge in [-0.15, -0.1) is 0 Å². The maximum atomic E-state index is 5.91. The molecule has 0 N–H and O–H groups in total. The van der Waals surface area contributed by atoms with Crippen LogP contribution >= 0.6 is 11.6 Å². The van der Waals surface area contributed by atoms with Crippen LogP contribution in [0.5, 0.6) is 0 Å². The molecule has 118 valence electrons. The second-order valence-electron chi connectivity index (χ2n) is 6.76. The molecule has 3 rings (SSSR count). The van der Waals surface area contributed by atoms with Crippen molar-refractivity contribution in [2.75, 3.05) is 0 Å². The summed E-state index contributed by atoms with van der Waals surface area (Å²) < 4.78 is 5.45. The molecule has 1 aliphatic carbocycles. The second-order valence-corrected chi connectivity index (χ2v) is 7.20. The van der Waals surface area contributed by atoms with Gasteiger partial charge in [0, 0.05) is 17.0 Å². The first kappa shape index (κ1) is 15.5. The number of hydrogen-bond acceptors (Lipinski definition) is 3. The van der Waals surface area contributed by atoms with Gasteiger partial charge in [0.2, 0.25) is 11.7 Å². The largest absolute Gasteiger partial charge is 0.339 e. The van der Waals surface area contributed by atoms with E-state index in [1.54, 1.807) is 0 Å². The molecule has 22 heavy (non-hydrogen) atoms. The third-order valence-corrected chi connectivity index (χ3v) is 5.05. The monoisotopic (exact) mass is 318 g/mol. The van der Waals surface area contributed by atoms with Crippen molar-refractivity contribution in [2.45, 2.75) is 46.0 Å². The van der Waals surface area contributed by atoms with E-state index in [0.717, 1.165) is 34.7 Å². The number of halogens is 1. The molecule has 0 saturated heterocycles. The van der Waals surface area contributed by atoms with Crippen LogP contribution in [0.25, 0.3) is 11.4 Å². The fraction of sp³-hybridized carbons (Fsp3) is 0.556. The summed E-state index contributed by atoms with van der Waals surface area (Å²) in [6, 6.07) is 7.54. The molecular formula is C18H23ClN2O. The van der Waals surface area contributed by atoms with E-state index in [1.807, 2.05) is 24.3 Å². The third-order valence-electron chi connectivity index (χ3n) is 4.80. The van der Waals surface area contributed by atoms with Gasteiger partial charge >= 0.3 is 0 Å². The lowest BCUT2D eigenvalue weighted by Gasteiger charge is -2.30. The van der Waals surface area contributed by atoms with Crippen LogP contribution in [0.2, 0.25) is 5.02 Å². The lowest BCUT2D eigenvalue weighted by atomic mass is 9.75. The minimum atomic E-state index is 0.655. The molecule has 1 aliphatic rings. The highest BCUT2D eigenvalue weighted by Crippen LogP contribution is 2.35. The molecule has 0 spiro atoms. The summed E-state index contributed by atoms with van der Waals surface area (Å²) in [4.78, 5) is 4.55. The van der Waals surface area contributed by atoms with Gasteiger partial charge in [0.05, 0.1) is 0 Å². The topological polar surface area (TPSA) is 38.9 Å². The van der Waals surface area contributed by atoms with Gasteiger partial charge in [-0.05, 0) is 54.9 Å². The van der Waals surface area contributed by atoms with E-state index in [4.69, 9.17) is 16.1 Å². The average Bonchev–Trinajstić information content (AvgIpc) is 2.96. The van der Waals surface area contributed by atoms with Crippen molar-refractivity contribution in [1.29, 1.82) is 0 Å². The van der Waals surface area contributed by atoms with Gasteiger partial charge in [-0.2, -0.15) is 4.98 Å². The Bertz CT molecular complexity index is 606. The molecular weight excluding hydrogens is 296 g/mol. The fourth-order valence-electron chi connectivity index (χ4n) is 3.42. The van der Waals surface area contributed by atoms with Crippen LogP contribution < -0.4 is 0 Å². The van der Waals surface area contributed by atoms with Crippen molar-refractivity contribution >= 4 is 11.6 Å². The lowest BCUT2D eigenvalue weighted by Crippen LogP contribution is -2.21. The molecule has 3 nitrogen and oxygen atoms in total. The highest BCUT2D eigenvalue weighted by molar-refractivity contribution is 6.30. The standard InChI is InChI=1S/C18H23ClN2O/c1-12(2)15-5-3-4-13(10-15)11-17-20-18(21-22-17)14-6-8-16(19)9-7-14/h6-9,12-13,15H,3-5,10-11H2,1-2H3. The molecule has 2 atom stereocenters. The number of aromatic nitrogens is 2. The van der Waals surface area contributed by atoms with E-state index in [9.17, 15) is 0 Å². The zero-order valence-electron chi connectivity index (χ0n) is 13.3. The number of benzene rings is 1. The maximum Gasteiger partial charge on any atom is 0.227 e. The van der Waals surface area contributed by atoms with Gasteiger partial charge in [-0.1, -0.05) is 43.4 Å². The zero-order valence-corrected chi connectivity index (χ0v) is 14.0. The van der Waals surface area contributed by atoms with E-state index in [-0.39, 0.29) is 0 Å². The van der Waals surface area contributed by atoms with E-state index in [0.29, 0.717) is 11.7 Å². The van der Waals surface area contributed by atoms with Crippen molar-refractivity contribution in [3.8, 4) is 11.4 Å². The molecule has 0 bridgehead atoms. The lowest BCUT2D eigenvalue weighted by molar-refractivity contribution is 0.203. The molecule has 0 amide bonds. The third kappa shape index (κ3) is 3.70. The van der Waals surface area contributed by atoms with Crippen LogP contribution in [0, 0.1) is 17.8 Å². The van der Waals surface area contributed by atoms with Crippen molar-refractivity contribution in [3.63, 3.8) is 0 Å². The molecule has 1 saturated carbocycles. The van der Waals surface area contributed by atoms with Crippen LogP contribution in [-0.2, 0) is 6.42 Å². The molecule has 1 heterocycles. The van der Waals surface area contributed by atoms with Crippen LogP contribution in [0.15, 0.2) is 28.8 Å². The summed E-state index contributed by atoms with van der Waals surface area (Å²) >= 11 is 5.91. The normalized spacial score (nSPS) is 22.2. The Hall–Kier alpha value is -1.35. The highest BCUT2D eigenvalue weighted by atomic mass is 35.5. The van der Waals surface area contributed by atoms with Crippen molar-refractivity contribution in [2.24, 2.45) is 17.8 Å². The number of hydrogen-bond donors (Lipinski definition) is 0. The minimum Gasteiger partial charge on any atom is -0.339 e. The molecule has 1 aromatic heterocycles. The molecule has 1 fully saturated rings. The molecule has 2 unspecified atom stereocenters. The van der Waals surface area contributed by atoms with Crippen LogP contribution in [0.1, 0.15) is 45.4 Å². The Morgan fingerprint density at radius 1 is 1.23 bits per heavy atom. The summed E-state index contributed by atoms with van der Waals surface area (Å²) in [5, 5.41) is 4.82. The van der Waals surface area contributed by atoms with Crippen LogP contribution in [0.3, 0.4) is 0 Å². The first-order chi connectivity index (χ1) is 10.6. The Balaban J connectivity index is 1.65. The average molecular weight is 319 g/mol. The van der Waals surface area contributed by atoms with E-state index in [2.05, 4.69) is 24.0 Å². The Morgan fingerprint density at radius 2 is 2.00 bits per heavy atom. The highest BCUT2D eigenvalue weighted by Gasteiger charge is 2.25. The van der Waals surface area contributed by atoms with Crippen molar-refractivity contribution in [1.82, 2.24) is 10.1 Å². The van der Waals surface area contributed by atoms with Gasteiger partial charge in [0.15, 0.2) is 0 Å². The first-order valence-electron chi connectivity index (χ1n) is 8.20. The molecule has 0 aliphatic heterocycles. The smallest absolute Gasteiger partial charge is 0.227 e. The van der Waals surface area contributed by atoms with Crippen molar-refractivity contribution in [3.05, 3.63) is 35.2 Å². The molecule has 1 aromatic carbocycles. The predicted octanol–water partition coefficient (Wildman–Crippen LogP) is 5.39. The van der Waals surface area contributed by atoms with Gasteiger partial charge in [0.1, 0.15) is 0 Å². The predicted molar refractivity (Wildman–Crippen MR) is 88.7 cm³/mol. The first-order valence-corrected chi connectivity index (χ1v) is 8.58.